The number of hydrogen-bond donors (Lipinski definition) is 0. The number of rotatable bonds is 32. The van der Waals surface area contributed by atoms with Crippen LogP contribution in [0.1, 0.15) is 174 Å². The number of azo groups is 2. The topological polar surface area (TPSA) is 61.9 Å². The van der Waals surface area contributed by atoms with Crippen molar-refractivity contribution in [2.24, 2.45) is 20.5 Å². The minimum absolute atomic E-state index is 0.615. The van der Waals surface area contributed by atoms with Crippen LogP contribution in [0.3, 0.4) is 0 Å². The van der Waals surface area contributed by atoms with Crippen molar-refractivity contribution in [1.82, 2.24) is 0 Å². The highest BCUT2D eigenvalue weighted by molar-refractivity contribution is 5.60. The third-order valence-corrected chi connectivity index (χ3v) is 10.6. The monoisotopic (exact) mass is 738 g/mol. The molecule has 0 saturated heterocycles. The maximum atomic E-state index is 5.60. The van der Waals surface area contributed by atoms with Gasteiger partial charge in [0.1, 0.15) is 11.4 Å². The Morgan fingerprint density at radius 1 is 0.444 bits per heavy atom. The van der Waals surface area contributed by atoms with E-state index < -0.39 is 0 Å². The van der Waals surface area contributed by atoms with Gasteiger partial charge in [0.25, 0.3) is 0 Å². The molecule has 54 heavy (non-hydrogen) atoms. The van der Waals surface area contributed by atoms with Gasteiger partial charge in [0.05, 0.1) is 24.2 Å². The Hall–Kier alpha value is -3.54. The van der Waals surface area contributed by atoms with Gasteiger partial charge in [-0.05, 0) is 67.8 Å². The lowest BCUT2D eigenvalue weighted by molar-refractivity contribution is 0.416. The van der Waals surface area contributed by atoms with Crippen LogP contribution in [0.25, 0.3) is 0 Å². The van der Waals surface area contributed by atoms with Crippen LogP contribution in [0, 0.1) is 6.92 Å². The Labute approximate surface area is 330 Å². The third-order valence-electron chi connectivity index (χ3n) is 10.6. The lowest BCUT2D eigenvalue weighted by Gasteiger charge is -2.26. The normalized spacial score (nSPS) is 11.6. The molecular formula is C48H75N5O. The van der Waals surface area contributed by atoms with Crippen molar-refractivity contribution >= 4 is 28.4 Å². The number of aryl methyl sites for hydroxylation is 1. The van der Waals surface area contributed by atoms with Gasteiger partial charge in [0.15, 0.2) is 0 Å². The van der Waals surface area contributed by atoms with Gasteiger partial charge in [-0.1, -0.05) is 173 Å². The second-order valence-corrected chi connectivity index (χ2v) is 15.3. The van der Waals surface area contributed by atoms with E-state index in [2.05, 4.69) is 64.3 Å². The first-order valence-corrected chi connectivity index (χ1v) is 22.1. The highest BCUT2D eigenvalue weighted by Gasteiger charge is 2.10. The van der Waals surface area contributed by atoms with Crippen molar-refractivity contribution in [3.8, 4) is 5.75 Å². The van der Waals surface area contributed by atoms with Crippen LogP contribution >= 0.6 is 0 Å². The molecule has 6 nitrogen and oxygen atoms in total. The summed E-state index contributed by atoms with van der Waals surface area (Å²) in [5, 5.41) is 17.9. The van der Waals surface area contributed by atoms with Crippen molar-refractivity contribution in [2.45, 2.75) is 175 Å². The second-order valence-electron chi connectivity index (χ2n) is 15.3. The standard InChI is InChI=1S/C48H75N5O/c1-5-7-9-11-13-15-17-19-21-23-25-30-38-53(39-31-26-24-22-20-18-16-14-12-10-8-6-2)45-35-37-46(42(3)40-45)51-50-44-34-36-47(48(41-44)54-4)52-49-43-32-28-27-29-33-43/h27-29,32-37,40-41H,5-26,30-31,38-39H2,1-4H3. The Bertz CT molecular complexity index is 1390. The zero-order chi connectivity index (χ0) is 38.3. The molecule has 0 radical (unpaired) electrons. The van der Waals surface area contributed by atoms with E-state index in [-0.39, 0.29) is 0 Å². The zero-order valence-electron chi connectivity index (χ0n) is 34.9. The lowest BCUT2D eigenvalue weighted by atomic mass is 10.0. The molecular weight excluding hydrogens is 663 g/mol. The van der Waals surface area contributed by atoms with Crippen molar-refractivity contribution in [3.05, 3.63) is 72.3 Å². The molecule has 0 aromatic heterocycles. The first kappa shape index (κ1) is 44.9. The lowest BCUT2D eigenvalue weighted by Crippen LogP contribution is -2.25. The fourth-order valence-electron chi connectivity index (χ4n) is 7.13. The van der Waals surface area contributed by atoms with E-state index in [0.717, 1.165) is 35.7 Å². The van der Waals surface area contributed by atoms with Crippen LogP contribution < -0.4 is 9.64 Å². The number of benzene rings is 3. The Morgan fingerprint density at radius 3 is 1.37 bits per heavy atom. The molecule has 0 aliphatic heterocycles. The molecule has 0 atom stereocenters. The molecule has 3 rings (SSSR count). The summed E-state index contributed by atoms with van der Waals surface area (Å²) in [4.78, 5) is 2.63. The Morgan fingerprint density at radius 2 is 0.889 bits per heavy atom. The van der Waals surface area contributed by atoms with E-state index in [0.29, 0.717) is 11.4 Å². The van der Waals surface area contributed by atoms with E-state index in [1.54, 1.807) is 7.11 Å². The molecule has 0 spiro atoms. The number of unbranched alkanes of at least 4 members (excludes halogenated alkanes) is 22. The maximum absolute atomic E-state index is 5.60. The van der Waals surface area contributed by atoms with Gasteiger partial charge in [-0.2, -0.15) is 15.3 Å². The minimum Gasteiger partial charge on any atom is -0.494 e. The molecule has 0 amide bonds. The predicted octanol–water partition coefficient (Wildman–Crippen LogP) is 17.0. The molecule has 298 valence electrons. The van der Waals surface area contributed by atoms with Gasteiger partial charge in [0.2, 0.25) is 0 Å². The van der Waals surface area contributed by atoms with E-state index in [4.69, 9.17) is 4.74 Å². The van der Waals surface area contributed by atoms with E-state index >= 15 is 0 Å². The van der Waals surface area contributed by atoms with Crippen LogP contribution in [-0.4, -0.2) is 20.2 Å². The summed E-state index contributed by atoms with van der Waals surface area (Å²) < 4.78 is 5.60. The highest BCUT2D eigenvalue weighted by atomic mass is 16.5. The van der Waals surface area contributed by atoms with Crippen molar-refractivity contribution in [2.75, 3.05) is 25.1 Å². The summed E-state index contributed by atoms with van der Waals surface area (Å²) >= 11 is 0. The molecule has 0 N–H and O–H groups in total. The molecule has 6 heteroatoms. The highest BCUT2D eigenvalue weighted by Crippen LogP contribution is 2.34. The van der Waals surface area contributed by atoms with Gasteiger partial charge in [0, 0.05) is 24.8 Å². The van der Waals surface area contributed by atoms with Crippen LogP contribution in [0.2, 0.25) is 0 Å². The van der Waals surface area contributed by atoms with Gasteiger partial charge in [-0.25, -0.2) is 0 Å². The Kier molecular flexibility index (Phi) is 24.7. The SMILES string of the molecule is CCCCCCCCCCCCCCN(CCCCCCCCCCCCCC)c1ccc(N=Nc2ccc(N=Nc3ccccc3)c(OC)c2)c(C)c1. The van der Waals surface area contributed by atoms with Gasteiger partial charge in [-0.3, -0.25) is 0 Å². The summed E-state index contributed by atoms with van der Waals surface area (Å²) in [5.74, 6) is 0.615. The average molecular weight is 738 g/mol. The summed E-state index contributed by atoms with van der Waals surface area (Å²) in [6, 6.07) is 22.0. The number of ether oxygens (including phenoxy) is 1. The molecule has 0 unspecified atom stereocenters. The van der Waals surface area contributed by atoms with E-state index in [1.165, 1.54) is 160 Å². The molecule has 0 saturated carbocycles. The number of hydrogen-bond acceptors (Lipinski definition) is 6. The number of methoxy groups -OCH3 is 1. The van der Waals surface area contributed by atoms with Crippen LogP contribution in [0.15, 0.2) is 87.2 Å². The quantitative estimate of drug-likeness (QED) is 0.0473. The number of anilines is 1. The number of nitrogens with zero attached hydrogens (tertiary/aromatic N) is 5. The molecule has 0 bridgehead atoms. The van der Waals surface area contributed by atoms with Crippen molar-refractivity contribution in [1.29, 1.82) is 0 Å². The summed E-state index contributed by atoms with van der Waals surface area (Å²) in [6.45, 7) is 9.00. The molecule has 0 heterocycles. The molecule has 3 aromatic carbocycles. The fraction of sp³-hybridized carbons (Fsp3) is 0.625. The molecule has 0 aliphatic carbocycles. The molecule has 0 aliphatic rings. The molecule has 3 aromatic rings. The van der Waals surface area contributed by atoms with Crippen LogP contribution in [0.5, 0.6) is 5.75 Å². The first-order valence-electron chi connectivity index (χ1n) is 22.1. The van der Waals surface area contributed by atoms with Gasteiger partial charge in [-0.15, -0.1) is 5.11 Å². The minimum atomic E-state index is 0.615. The van der Waals surface area contributed by atoms with Gasteiger partial charge < -0.3 is 9.64 Å². The smallest absolute Gasteiger partial charge is 0.148 e. The van der Waals surface area contributed by atoms with Crippen molar-refractivity contribution in [3.63, 3.8) is 0 Å². The summed E-state index contributed by atoms with van der Waals surface area (Å²) in [6.07, 6.45) is 33.2. The zero-order valence-corrected chi connectivity index (χ0v) is 34.9. The second kappa shape index (κ2) is 29.8. The van der Waals surface area contributed by atoms with Gasteiger partial charge >= 0.3 is 0 Å². The first-order chi connectivity index (χ1) is 26.6. The Balaban J connectivity index is 1.50. The van der Waals surface area contributed by atoms with Crippen LogP contribution in [-0.2, 0) is 0 Å². The molecule has 0 fully saturated rings. The third kappa shape index (κ3) is 19.7. The summed E-state index contributed by atoms with van der Waals surface area (Å²) in [5.41, 5.74) is 5.51. The summed E-state index contributed by atoms with van der Waals surface area (Å²) in [7, 11) is 1.64. The average Bonchev–Trinajstić information content (AvgIpc) is 3.20. The van der Waals surface area contributed by atoms with Crippen molar-refractivity contribution < 1.29 is 4.74 Å². The maximum Gasteiger partial charge on any atom is 0.148 e. The fourth-order valence-corrected chi connectivity index (χ4v) is 7.13. The van der Waals surface area contributed by atoms with E-state index in [1.807, 2.05) is 48.5 Å². The largest absolute Gasteiger partial charge is 0.494 e. The predicted molar refractivity (Wildman–Crippen MR) is 233 cm³/mol. The van der Waals surface area contributed by atoms with Crippen LogP contribution in [0.4, 0.5) is 28.4 Å². The van der Waals surface area contributed by atoms with E-state index in [9.17, 15) is 0 Å².